The molecule has 0 saturated heterocycles. The van der Waals surface area contributed by atoms with Crippen LogP contribution in [0.2, 0.25) is 5.15 Å². The molecule has 5 heteroatoms. The topological polar surface area (TPSA) is 41.6 Å². The predicted molar refractivity (Wildman–Crippen MR) is 76.8 cm³/mol. The van der Waals surface area contributed by atoms with E-state index in [1.165, 1.54) is 0 Å². The highest BCUT2D eigenvalue weighted by atomic mass is 79.9. The molecule has 0 amide bonds. The summed E-state index contributed by atoms with van der Waals surface area (Å²) < 4.78 is 0.974. The van der Waals surface area contributed by atoms with Gasteiger partial charge in [0.05, 0.1) is 5.69 Å². The smallest absolute Gasteiger partial charge is 0.162 e. The number of halogens is 2. The number of benzene rings is 1. The fourth-order valence-corrected chi connectivity index (χ4v) is 2.55. The van der Waals surface area contributed by atoms with Gasteiger partial charge in [-0.25, -0.2) is 9.97 Å². The molecule has 0 spiro atoms. The Morgan fingerprint density at radius 3 is 2.78 bits per heavy atom. The predicted octanol–water partition coefficient (Wildman–Crippen LogP) is 4.35. The minimum atomic E-state index is 0.576. The molecule has 2 heterocycles. The van der Waals surface area contributed by atoms with E-state index >= 15 is 0 Å². The highest BCUT2D eigenvalue weighted by Gasteiger charge is 2.10. The second-order valence-electron chi connectivity index (χ2n) is 3.99. The van der Waals surface area contributed by atoms with Crippen molar-refractivity contribution in [1.29, 1.82) is 0 Å². The zero-order valence-corrected chi connectivity index (χ0v) is 11.9. The maximum absolute atomic E-state index is 5.95. The molecule has 0 fully saturated rings. The van der Waals surface area contributed by atoms with Crippen molar-refractivity contribution in [2.24, 2.45) is 0 Å². The minimum absolute atomic E-state index is 0.576. The molecule has 0 bridgehead atoms. The van der Waals surface area contributed by atoms with E-state index in [0.29, 0.717) is 11.0 Å². The Kier molecular flexibility index (Phi) is 2.84. The van der Waals surface area contributed by atoms with Gasteiger partial charge in [0, 0.05) is 15.4 Å². The van der Waals surface area contributed by atoms with Crippen LogP contribution in [0, 0.1) is 6.92 Å². The first-order valence-electron chi connectivity index (χ1n) is 5.43. The van der Waals surface area contributed by atoms with E-state index in [9.17, 15) is 0 Å². The van der Waals surface area contributed by atoms with Crippen molar-refractivity contribution >= 4 is 38.6 Å². The molecule has 3 nitrogen and oxygen atoms in total. The normalized spacial score (nSPS) is 11.1. The van der Waals surface area contributed by atoms with E-state index in [2.05, 4.69) is 30.9 Å². The average molecular weight is 323 g/mol. The van der Waals surface area contributed by atoms with Crippen molar-refractivity contribution in [3.05, 3.63) is 45.7 Å². The molecule has 18 heavy (non-hydrogen) atoms. The van der Waals surface area contributed by atoms with E-state index < -0.39 is 0 Å². The first kappa shape index (κ1) is 11.7. The molecule has 2 aromatic heterocycles. The van der Waals surface area contributed by atoms with Crippen LogP contribution in [0.1, 0.15) is 5.69 Å². The van der Waals surface area contributed by atoms with Crippen LogP contribution in [0.15, 0.2) is 34.8 Å². The van der Waals surface area contributed by atoms with Crippen molar-refractivity contribution in [3.63, 3.8) is 0 Å². The molecule has 3 aromatic rings. The second kappa shape index (κ2) is 4.37. The van der Waals surface area contributed by atoms with Gasteiger partial charge in [-0.1, -0.05) is 45.7 Å². The summed E-state index contributed by atoms with van der Waals surface area (Å²) in [6.07, 6.45) is 0. The minimum Gasteiger partial charge on any atom is -0.330 e. The number of hydrogen-bond donors (Lipinski definition) is 1. The zero-order chi connectivity index (χ0) is 12.7. The van der Waals surface area contributed by atoms with Crippen molar-refractivity contribution < 1.29 is 0 Å². The third-order valence-electron chi connectivity index (χ3n) is 2.76. The lowest BCUT2D eigenvalue weighted by Crippen LogP contribution is -1.93. The molecule has 0 unspecified atom stereocenters. The van der Waals surface area contributed by atoms with Gasteiger partial charge in [0.15, 0.2) is 5.82 Å². The summed E-state index contributed by atoms with van der Waals surface area (Å²) in [5.74, 6) is 0.686. The number of hydrogen-bond acceptors (Lipinski definition) is 2. The molecule has 0 aliphatic heterocycles. The van der Waals surface area contributed by atoms with Gasteiger partial charge in [0.25, 0.3) is 0 Å². The third kappa shape index (κ3) is 1.91. The number of fused-ring (bicyclic) bond motifs is 1. The standard InChI is InChI=1S/C13H9BrClN3/c1-7-9-6-11(15)17-13(9)18-12(16-7)8-4-2-3-5-10(8)14/h2-6H,1H3,(H,16,17,18). The SMILES string of the molecule is Cc1nc(-c2ccccc2Br)nc2[nH]c(Cl)cc12. The zero-order valence-electron chi connectivity index (χ0n) is 9.54. The number of aryl methyl sites for hydroxylation is 1. The summed E-state index contributed by atoms with van der Waals surface area (Å²) >= 11 is 9.46. The van der Waals surface area contributed by atoms with Gasteiger partial charge < -0.3 is 4.98 Å². The van der Waals surface area contributed by atoms with Crippen molar-refractivity contribution in [2.45, 2.75) is 6.92 Å². The van der Waals surface area contributed by atoms with Crippen LogP contribution in [-0.4, -0.2) is 15.0 Å². The van der Waals surface area contributed by atoms with Gasteiger partial charge in [-0.3, -0.25) is 0 Å². The van der Waals surface area contributed by atoms with Crippen molar-refractivity contribution in [1.82, 2.24) is 15.0 Å². The molecule has 0 aliphatic rings. The van der Waals surface area contributed by atoms with Crippen molar-refractivity contribution in [2.75, 3.05) is 0 Å². The number of H-pyrrole nitrogens is 1. The Hall–Kier alpha value is -1.39. The number of nitrogens with one attached hydrogen (secondary N) is 1. The highest BCUT2D eigenvalue weighted by Crippen LogP contribution is 2.28. The number of nitrogens with zero attached hydrogens (tertiary/aromatic N) is 2. The average Bonchev–Trinajstić information content (AvgIpc) is 2.71. The van der Waals surface area contributed by atoms with Crippen LogP contribution in [0.5, 0.6) is 0 Å². The largest absolute Gasteiger partial charge is 0.330 e. The Labute approximate surface area is 117 Å². The molecular weight excluding hydrogens is 314 g/mol. The fourth-order valence-electron chi connectivity index (χ4n) is 1.89. The van der Waals surface area contributed by atoms with Crippen LogP contribution in [0.25, 0.3) is 22.4 Å². The second-order valence-corrected chi connectivity index (χ2v) is 5.25. The number of aromatic amines is 1. The van der Waals surface area contributed by atoms with E-state index in [1.54, 1.807) is 0 Å². The van der Waals surface area contributed by atoms with Gasteiger partial charge in [-0.15, -0.1) is 0 Å². The van der Waals surface area contributed by atoms with Gasteiger partial charge in [0.1, 0.15) is 10.8 Å². The molecule has 0 atom stereocenters. The third-order valence-corrected chi connectivity index (χ3v) is 3.65. The van der Waals surface area contributed by atoms with E-state index in [0.717, 1.165) is 26.8 Å². The van der Waals surface area contributed by atoms with Crippen LogP contribution < -0.4 is 0 Å². The fraction of sp³-hybridized carbons (Fsp3) is 0.0769. The molecule has 1 N–H and O–H groups in total. The first-order valence-corrected chi connectivity index (χ1v) is 6.60. The van der Waals surface area contributed by atoms with Crippen LogP contribution in [0.3, 0.4) is 0 Å². The van der Waals surface area contributed by atoms with Gasteiger partial charge in [-0.05, 0) is 19.1 Å². The molecule has 1 aromatic carbocycles. The van der Waals surface area contributed by atoms with Crippen molar-refractivity contribution in [3.8, 4) is 11.4 Å². The lowest BCUT2D eigenvalue weighted by atomic mass is 10.2. The van der Waals surface area contributed by atoms with Crippen LogP contribution in [-0.2, 0) is 0 Å². The van der Waals surface area contributed by atoms with E-state index in [1.807, 2.05) is 37.3 Å². The molecule has 0 aliphatic carbocycles. The lowest BCUT2D eigenvalue weighted by Gasteiger charge is -2.04. The van der Waals surface area contributed by atoms with Crippen LogP contribution >= 0.6 is 27.5 Å². The quantitative estimate of drug-likeness (QED) is 0.723. The highest BCUT2D eigenvalue weighted by molar-refractivity contribution is 9.10. The van der Waals surface area contributed by atoms with E-state index in [4.69, 9.17) is 11.6 Å². The summed E-state index contributed by atoms with van der Waals surface area (Å²) in [4.78, 5) is 12.1. The maximum Gasteiger partial charge on any atom is 0.162 e. The molecular formula is C13H9BrClN3. The Morgan fingerprint density at radius 1 is 1.22 bits per heavy atom. The molecule has 0 radical (unpaired) electrons. The lowest BCUT2D eigenvalue weighted by molar-refractivity contribution is 1.15. The first-order chi connectivity index (χ1) is 8.65. The van der Waals surface area contributed by atoms with Gasteiger partial charge in [-0.2, -0.15) is 0 Å². The Balaban J connectivity index is 2.28. The van der Waals surface area contributed by atoms with Gasteiger partial charge >= 0.3 is 0 Å². The Morgan fingerprint density at radius 2 is 2.00 bits per heavy atom. The summed E-state index contributed by atoms with van der Waals surface area (Å²) in [5, 5.41) is 1.53. The summed E-state index contributed by atoms with van der Waals surface area (Å²) in [6.45, 7) is 1.95. The Bertz CT molecular complexity index is 736. The molecule has 3 rings (SSSR count). The van der Waals surface area contributed by atoms with E-state index in [-0.39, 0.29) is 0 Å². The van der Waals surface area contributed by atoms with Crippen LogP contribution in [0.4, 0.5) is 0 Å². The number of aromatic nitrogens is 3. The molecule has 90 valence electrons. The van der Waals surface area contributed by atoms with Gasteiger partial charge in [0.2, 0.25) is 0 Å². The summed E-state index contributed by atoms with van der Waals surface area (Å²) in [7, 11) is 0. The molecule has 0 saturated carbocycles. The maximum atomic E-state index is 5.95. The summed E-state index contributed by atoms with van der Waals surface area (Å²) in [5.41, 5.74) is 2.64. The monoisotopic (exact) mass is 321 g/mol. The number of rotatable bonds is 1. The summed E-state index contributed by atoms with van der Waals surface area (Å²) in [6, 6.07) is 9.72.